The van der Waals surface area contributed by atoms with Gasteiger partial charge in [-0.05, 0) is 36.2 Å². The van der Waals surface area contributed by atoms with Crippen molar-refractivity contribution in [1.82, 2.24) is 10.2 Å². The van der Waals surface area contributed by atoms with Crippen molar-refractivity contribution in [2.45, 2.75) is 24.7 Å². The topological polar surface area (TPSA) is 90.9 Å². The molecule has 0 amide bonds. The molecule has 0 spiro atoms. The number of anilines is 1. The number of H-pyrrole nitrogens is 2. The summed E-state index contributed by atoms with van der Waals surface area (Å²) in [6.07, 6.45) is 2.61. The quantitative estimate of drug-likeness (QED) is 0.627. The standard InChI is InChI=1S/C20H16ClN3O3/c21-12-4-1-3-10(7-12)16-17-13(22-19-18(16)20(26)24-23-19)8-11(9-14(17)25)15-5-2-6-27-15/h1-7,11,16H,8-9H2,(H3,22,23,24,26)/t11-,16+/m0/s1. The lowest BCUT2D eigenvalue weighted by molar-refractivity contribution is -0.116. The number of nitrogens with one attached hydrogen (secondary N) is 3. The molecular weight excluding hydrogens is 366 g/mol. The average molecular weight is 382 g/mol. The molecule has 2 aromatic heterocycles. The van der Waals surface area contributed by atoms with Gasteiger partial charge in [0.2, 0.25) is 0 Å². The number of furan rings is 1. The number of ketones is 1. The molecule has 3 N–H and O–H groups in total. The van der Waals surface area contributed by atoms with Gasteiger partial charge in [0.15, 0.2) is 5.78 Å². The lowest BCUT2D eigenvalue weighted by atomic mass is 9.74. The van der Waals surface area contributed by atoms with E-state index in [1.165, 1.54) is 0 Å². The number of Topliss-reactive ketones (excluding diaryl/α,β-unsaturated/α-hetero) is 1. The first-order valence-electron chi connectivity index (χ1n) is 8.74. The highest BCUT2D eigenvalue weighted by molar-refractivity contribution is 6.30. The molecule has 0 saturated carbocycles. The van der Waals surface area contributed by atoms with E-state index in [2.05, 4.69) is 15.5 Å². The molecule has 3 heterocycles. The van der Waals surface area contributed by atoms with Gasteiger partial charge in [-0.3, -0.25) is 19.8 Å². The molecule has 1 aromatic carbocycles. The number of hydrogen-bond donors (Lipinski definition) is 3. The summed E-state index contributed by atoms with van der Waals surface area (Å²) in [5.74, 6) is 0.934. The second-order valence-electron chi connectivity index (χ2n) is 6.92. The Kier molecular flexibility index (Phi) is 3.62. The maximum atomic E-state index is 13.2. The van der Waals surface area contributed by atoms with E-state index in [0.29, 0.717) is 34.8 Å². The fourth-order valence-corrected chi connectivity index (χ4v) is 4.36. The normalized spacial score (nSPS) is 21.6. The summed E-state index contributed by atoms with van der Waals surface area (Å²) in [5.41, 5.74) is 2.56. The molecule has 2 atom stereocenters. The SMILES string of the molecule is O=C1C[C@@H](c2ccco2)CC2=C1[C@@H](c1cccc(Cl)c1)c1c([nH][nH]c1=O)N2. The van der Waals surface area contributed by atoms with Crippen molar-refractivity contribution in [1.29, 1.82) is 0 Å². The molecule has 0 bridgehead atoms. The van der Waals surface area contributed by atoms with Gasteiger partial charge in [0.05, 0.1) is 11.8 Å². The molecule has 1 aliphatic heterocycles. The van der Waals surface area contributed by atoms with Gasteiger partial charge in [0.25, 0.3) is 5.56 Å². The number of hydrogen-bond acceptors (Lipinski definition) is 4. The molecular formula is C20H16ClN3O3. The molecule has 0 radical (unpaired) electrons. The molecule has 27 heavy (non-hydrogen) atoms. The van der Waals surface area contributed by atoms with Gasteiger partial charge >= 0.3 is 0 Å². The molecule has 2 aliphatic rings. The number of carbonyl (C=O) groups excluding carboxylic acids is 1. The Hall–Kier alpha value is -2.99. The molecule has 0 fully saturated rings. The monoisotopic (exact) mass is 381 g/mol. The summed E-state index contributed by atoms with van der Waals surface area (Å²) < 4.78 is 5.52. The third-order valence-electron chi connectivity index (χ3n) is 5.30. The predicted molar refractivity (Wildman–Crippen MR) is 101 cm³/mol. The van der Waals surface area contributed by atoms with E-state index in [4.69, 9.17) is 16.0 Å². The van der Waals surface area contributed by atoms with Crippen LogP contribution in [0.3, 0.4) is 0 Å². The van der Waals surface area contributed by atoms with Crippen molar-refractivity contribution in [2.75, 3.05) is 5.32 Å². The van der Waals surface area contributed by atoms with Crippen LogP contribution in [0.5, 0.6) is 0 Å². The molecule has 0 saturated heterocycles. The molecule has 6 nitrogen and oxygen atoms in total. The van der Waals surface area contributed by atoms with E-state index < -0.39 is 5.92 Å². The number of benzene rings is 1. The molecule has 1 aliphatic carbocycles. The van der Waals surface area contributed by atoms with Crippen molar-refractivity contribution >= 4 is 23.2 Å². The first kappa shape index (κ1) is 16.2. The van der Waals surface area contributed by atoms with Crippen LogP contribution in [0.15, 0.2) is 63.1 Å². The van der Waals surface area contributed by atoms with Gasteiger partial charge in [-0.15, -0.1) is 0 Å². The van der Waals surface area contributed by atoms with Gasteiger partial charge in [-0.25, -0.2) is 0 Å². The fourth-order valence-electron chi connectivity index (χ4n) is 4.17. The average Bonchev–Trinajstić information content (AvgIpc) is 3.30. The number of carbonyl (C=O) groups is 1. The van der Waals surface area contributed by atoms with Crippen molar-refractivity contribution in [3.8, 4) is 0 Å². The lowest BCUT2D eigenvalue weighted by Gasteiger charge is -2.33. The van der Waals surface area contributed by atoms with Crippen LogP contribution in [0.4, 0.5) is 5.82 Å². The third-order valence-corrected chi connectivity index (χ3v) is 5.54. The largest absolute Gasteiger partial charge is 0.469 e. The van der Waals surface area contributed by atoms with Crippen LogP contribution < -0.4 is 10.9 Å². The lowest BCUT2D eigenvalue weighted by Crippen LogP contribution is -2.31. The van der Waals surface area contributed by atoms with Crippen LogP contribution in [0.25, 0.3) is 0 Å². The predicted octanol–water partition coefficient (Wildman–Crippen LogP) is 3.91. The molecule has 5 rings (SSSR count). The van der Waals surface area contributed by atoms with Crippen molar-refractivity contribution in [3.63, 3.8) is 0 Å². The minimum atomic E-state index is -0.449. The zero-order valence-corrected chi connectivity index (χ0v) is 15.0. The van der Waals surface area contributed by atoms with Crippen LogP contribution >= 0.6 is 11.6 Å². The summed E-state index contributed by atoms with van der Waals surface area (Å²) in [5, 5.41) is 9.33. The number of halogens is 1. The van der Waals surface area contributed by atoms with Gasteiger partial charge in [-0.2, -0.15) is 0 Å². The van der Waals surface area contributed by atoms with Crippen LogP contribution in [0, 0.1) is 0 Å². The van der Waals surface area contributed by atoms with Gasteiger partial charge in [-0.1, -0.05) is 23.7 Å². The van der Waals surface area contributed by atoms with Crippen LogP contribution in [-0.4, -0.2) is 16.0 Å². The van der Waals surface area contributed by atoms with Crippen LogP contribution in [-0.2, 0) is 4.79 Å². The van der Waals surface area contributed by atoms with E-state index in [1.54, 1.807) is 12.3 Å². The Morgan fingerprint density at radius 1 is 1.07 bits per heavy atom. The maximum absolute atomic E-state index is 13.2. The highest BCUT2D eigenvalue weighted by atomic mass is 35.5. The second kappa shape index (κ2) is 6.03. The number of allylic oxidation sites excluding steroid dienone is 2. The Morgan fingerprint density at radius 2 is 1.96 bits per heavy atom. The van der Waals surface area contributed by atoms with Crippen LogP contribution in [0.1, 0.15) is 41.6 Å². The zero-order chi connectivity index (χ0) is 18.5. The number of fused-ring (bicyclic) bond motifs is 1. The van der Waals surface area contributed by atoms with Crippen molar-refractivity contribution < 1.29 is 9.21 Å². The number of aromatic nitrogens is 2. The van der Waals surface area contributed by atoms with Gasteiger partial charge in [0.1, 0.15) is 11.6 Å². The van der Waals surface area contributed by atoms with E-state index in [9.17, 15) is 9.59 Å². The Bertz CT molecular complexity index is 1120. The van der Waals surface area contributed by atoms with Crippen molar-refractivity contribution in [3.05, 3.63) is 86.2 Å². The number of aromatic amines is 2. The summed E-state index contributed by atoms with van der Waals surface area (Å²) >= 11 is 6.18. The Balaban J connectivity index is 1.67. The van der Waals surface area contributed by atoms with Crippen molar-refractivity contribution in [2.24, 2.45) is 0 Å². The highest BCUT2D eigenvalue weighted by Crippen LogP contribution is 2.46. The van der Waals surface area contributed by atoms with E-state index in [0.717, 1.165) is 17.0 Å². The first-order chi connectivity index (χ1) is 13.1. The summed E-state index contributed by atoms with van der Waals surface area (Å²) in [6, 6.07) is 11.0. The minimum Gasteiger partial charge on any atom is -0.469 e. The van der Waals surface area contributed by atoms with E-state index >= 15 is 0 Å². The van der Waals surface area contributed by atoms with Crippen LogP contribution in [0.2, 0.25) is 5.02 Å². The zero-order valence-electron chi connectivity index (χ0n) is 14.2. The number of rotatable bonds is 2. The third kappa shape index (κ3) is 2.56. The second-order valence-corrected chi connectivity index (χ2v) is 7.35. The molecule has 7 heteroatoms. The Morgan fingerprint density at radius 3 is 2.74 bits per heavy atom. The summed E-state index contributed by atoms with van der Waals surface area (Å²) in [6.45, 7) is 0. The smallest absolute Gasteiger partial charge is 0.270 e. The fraction of sp³-hybridized carbons (Fsp3) is 0.200. The van der Waals surface area contributed by atoms with Gasteiger partial charge in [0, 0.05) is 34.5 Å². The molecule has 3 aromatic rings. The highest BCUT2D eigenvalue weighted by Gasteiger charge is 2.40. The first-order valence-corrected chi connectivity index (χ1v) is 9.12. The molecule has 136 valence electrons. The van der Waals surface area contributed by atoms with Gasteiger partial charge < -0.3 is 9.73 Å². The summed E-state index contributed by atoms with van der Waals surface area (Å²) in [7, 11) is 0. The Labute approximate surface area is 159 Å². The summed E-state index contributed by atoms with van der Waals surface area (Å²) in [4.78, 5) is 25.6. The molecule has 0 unspecified atom stereocenters. The van der Waals surface area contributed by atoms with E-state index in [1.807, 2.05) is 30.3 Å². The maximum Gasteiger partial charge on any atom is 0.270 e. The minimum absolute atomic E-state index is 0.0152. The van der Waals surface area contributed by atoms with E-state index in [-0.39, 0.29) is 17.3 Å².